The van der Waals surface area contributed by atoms with Crippen LogP contribution in [0.4, 0.5) is 0 Å². The average molecular weight is 400 g/mol. The number of nitrogens with two attached hydrogens (primary N) is 1. The normalized spacial score (nSPS) is 16.1. The van der Waals surface area contributed by atoms with Crippen molar-refractivity contribution < 1.29 is 18.0 Å². The number of unbranched alkanes of at least 4 members (excludes halogenated alkanes) is 3. The van der Waals surface area contributed by atoms with E-state index in [0.717, 1.165) is 51.1 Å². The third kappa shape index (κ3) is 8.68. The molecule has 0 amide bonds. The molecule has 0 radical (unpaired) electrons. The van der Waals surface area contributed by atoms with E-state index < -0.39 is 10.0 Å². The minimum Gasteiger partial charge on any atom is -0.379 e. The van der Waals surface area contributed by atoms with Gasteiger partial charge >= 0.3 is 0 Å². The fourth-order valence-electron chi connectivity index (χ4n) is 2.94. The predicted octanol–water partition coefficient (Wildman–Crippen LogP) is 1.60. The molecule has 1 aliphatic rings. The summed E-state index contributed by atoms with van der Waals surface area (Å²) in [5.74, 6) is 0.0992. The van der Waals surface area contributed by atoms with Crippen molar-refractivity contribution >= 4 is 10.0 Å². The van der Waals surface area contributed by atoms with Crippen molar-refractivity contribution in [3.63, 3.8) is 0 Å². The lowest BCUT2D eigenvalue weighted by atomic mass is 10.2. The fourth-order valence-corrected chi connectivity index (χ4v) is 4.29. The molecule has 1 aromatic rings. The van der Waals surface area contributed by atoms with Crippen molar-refractivity contribution in [3.8, 4) is 0 Å². The maximum atomic E-state index is 12.8. The molecule has 1 aliphatic heterocycles. The quantitative estimate of drug-likeness (QED) is 0.401. The second-order valence-corrected chi connectivity index (χ2v) is 8.73. The molecule has 0 atom stereocenters. The summed E-state index contributed by atoms with van der Waals surface area (Å²) in [6.07, 6.45) is 3.39. The molecular formula is C19H33N3O4S. The van der Waals surface area contributed by atoms with Crippen LogP contribution in [0.5, 0.6) is 0 Å². The van der Waals surface area contributed by atoms with Crippen molar-refractivity contribution in [1.82, 2.24) is 9.37 Å². The maximum absolute atomic E-state index is 12.8. The van der Waals surface area contributed by atoms with E-state index in [1.165, 1.54) is 4.47 Å². The summed E-state index contributed by atoms with van der Waals surface area (Å²) in [6, 6.07) is 9.55. The molecule has 1 aromatic carbocycles. The Balaban J connectivity index is 1.89. The summed E-state index contributed by atoms with van der Waals surface area (Å²) in [4.78, 5) is 7.96. The van der Waals surface area contributed by atoms with Gasteiger partial charge in [0.15, 0.2) is 0 Å². The first-order chi connectivity index (χ1) is 13.1. The third-order valence-electron chi connectivity index (χ3n) is 4.57. The Hall–Kier alpha value is -1.03. The molecule has 2 rings (SSSR count). The van der Waals surface area contributed by atoms with Crippen LogP contribution in [0, 0.1) is 0 Å². The van der Waals surface area contributed by atoms with Crippen LogP contribution in [-0.4, -0.2) is 69.5 Å². The fraction of sp³-hybridized carbons (Fsp3) is 0.684. The summed E-state index contributed by atoms with van der Waals surface area (Å²) in [6.45, 7) is 5.07. The molecule has 1 saturated heterocycles. The minimum atomic E-state index is -3.47. The van der Waals surface area contributed by atoms with E-state index >= 15 is 0 Å². The van der Waals surface area contributed by atoms with Gasteiger partial charge < -0.3 is 10.5 Å². The SMILES string of the molecule is NCCCCCCS(=O)(=O)N(Cc1ccccc1)OCCN1CCOCC1. The topological polar surface area (TPSA) is 85.1 Å². The molecular weight excluding hydrogens is 366 g/mol. The van der Waals surface area contributed by atoms with Crippen LogP contribution in [0.15, 0.2) is 30.3 Å². The first-order valence-corrected chi connectivity index (χ1v) is 11.4. The second-order valence-electron chi connectivity index (χ2n) is 6.75. The summed E-state index contributed by atoms with van der Waals surface area (Å²) in [7, 11) is -3.47. The number of hydrogen-bond acceptors (Lipinski definition) is 6. The van der Waals surface area contributed by atoms with Gasteiger partial charge in [0.1, 0.15) is 0 Å². The number of benzene rings is 1. The largest absolute Gasteiger partial charge is 0.379 e. The molecule has 0 spiro atoms. The molecule has 7 nitrogen and oxygen atoms in total. The van der Waals surface area contributed by atoms with Crippen LogP contribution in [0.25, 0.3) is 0 Å². The lowest BCUT2D eigenvalue weighted by Crippen LogP contribution is -2.40. The van der Waals surface area contributed by atoms with Gasteiger partial charge in [0.05, 0.1) is 32.1 Å². The van der Waals surface area contributed by atoms with E-state index in [2.05, 4.69) is 4.90 Å². The highest BCUT2D eigenvalue weighted by Crippen LogP contribution is 2.13. The summed E-state index contributed by atoms with van der Waals surface area (Å²) in [5.41, 5.74) is 6.40. The lowest BCUT2D eigenvalue weighted by molar-refractivity contribution is -0.101. The Kier molecular flexibility index (Phi) is 10.3. The Morgan fingerprint density at radius 1 is 1.07 bits per heavy atom. The van der Waals surface area contributed by atoms with Crippen molar-refractivity contribution in [3.05, 3.63) is 35.9 Å². The van der Waals surface area contributed by atoms with Gasteiger partial charge in [-0.15, -0.1) is 0 Å². The van der Waals surface area contributed by atoms with Crippen LogP contribution in [0.2, 0.25) is 0 Å². The summed E-state index contributed by atoms with van der Waals surface area (Å²) >= 11 is 0. The van der Waals surface area contributed by atoms with E-state index in [-0.39, 0.29) is 12.3 Å². The van der Waals surface area contributed by atoms with Gasteiger partial charge in [-0.25, -0.2) is 8.42 Å². The number of morpholine rings is 1. The molecule has 1 heterocycles. The van der Waals surface area contributed by atoms with E-state index in [9.17, 15) is 8.42 Å². The highest BCUT2D eigenvalue weighted by atomic mass is 32.2. The number of hydrogen-bond donors (Lipinski definition) is 1. The molecule has 154 valence electrons. The van der Waals surface area contributed by atoms with E-state index in [0.29, 0.717) is 26.1 Å². The highest BCUT2D eigenvalue weighted by Gasteiger charge is 2.23. The standard InChI is InChI=1S/C19H33N3O4S/c20-10-6-1-2-7-17-27(23,24)22(18-19-8-4-3-5-9-19)26-16-13-21-11-14-25-15-12-21/h3-5,8-9H,1-2,6-7,10-18,20H2. The second kappa shape index (κ2) is 12.4. The molecule has 0 bridgehead atoms. The Bertz CT molecular complexity index is 607. The number of ether oxygens (including phenoxy) is 1. The zero-order valence-electron chi connectivity index (χ0n) is 16.1. The number of nitrogens with zero attached hydrogens (tertiary/aromatic N) is 2. The molecule has 0 aliphatic carbocycles. The van der Waals surface area contributed by atoms with Gasteiger partial charge in [0.25, 0.3) is 0 Å². The zero-order valence-corrected chi connectivity index (χ0v) is 16.9. The summed E-state index contributed by atoms with van der Waals surface area (Å²) < 4.78 is 32.1. The van der Waals surface area contributed by atoms with Gasteiger partial charge in [0, 0.05) is 19.6 Å². The number of sulfonamides is 1. The molecule has 0 unspecified atom stereocenters. The molecule has 2 N–H and O–H groups in total. The van der Waals surface area contributed by atoms with Crippen molar-refractivity contribution in [2.24, 2.45) is 5.73 Å². The number of rotatable bonds is 13. The van der Waals surface area contributed by atoms with Crippen LogP contribution < -0.4 is 5.73 Å². The molecule has 27 heavy (non-hydrogen) atoms. The molecule has 0 aromatic heterocycles. The predicted molar refractivity (Wildman–Crippen MR) is 107 cm³/mol. The summed E-state index contributed by atoms with van der Waals surface area (Å²) in [5, 5.41) is 0. The van der Waals surface area contributed by atoms with Crippen LogP contribution in [0.1, 0.15) is 31.2 Å². The van der Waals surface area contributed by atoms with Crippen molar-refractivity contribution in [2.75, 3.05) is 51.8 Å². The smallest absolute Gasteiger partial charge is 0.236 e. The van der Waals surface area contributed by atoms with Crippen LogP contribution in [0.3, 0.4) is 0 Å². The van der Waals surface area contributed by atoms with Crippen molar-refractivity contribution in [1.29, 1.82) is 0 Å². The molecule has 1 fully saturated rings. The minimum absolute atomic E-state index is 0.0992. The van der Waals surface area contributed by atoms with E-state index in [4.69, 9.17) is 15.3 Å². The average Bonchev–Trinajstić information content (AvgIpc) is 2.68. The van der Waals surface area contributed by atoms with Crippen molar-refractivity contribution in [2.45, 2.75) is 32.2 Å². The highest BCUT2D eigenvalue weighted by molar-refractivity contribution is 7.88. The number of hydroxylamine groups is 1. The first-order valence-electron chi connectivity index (χ1n) is 9.79. The lowest BCUT2D eigenvalue weighted by Gasteiger charge is -2.28. The molecule has 0 saturated carbocycles. The maximum Gasteiger partial charge on any atom is 0.236 e. The van der Waals surface area contributed by atoms with Gasteiger partial charge in [-0.1, -0.05) is 47.6 Å². The van der Waals surface area contributed by atoms with Crippen LogP contribution >= 0.6 is 0 Å². The Morgan fingerprint density at radius 3 is 2.48 bits per heavy atom. The van der Waals surface area contributed by atoms with Gasteiger partial charge in [-0.2, -0.15) is 0 Å². The van der Waals surface area contributed by atoms with Crippen LogP contribution in [-0.2, 0) is 26.1 Å². The third-order valence-corrected chi connectivity index (χ3v) is 6.23. The van der Waals surface area contributed by atoms with E-state index in [1.54, 1.807) is 0 Å². The van der Waals surface area contributed by atoms with Gasteiger partial charge in [0.2, 0.25) is 10.0 Å². The Morgan fingerprint density at radius 2 is 1.78 bits per heavy atom. The Labute approximate surface area is 163 Å². The molecule has 8 heteroatoms. The van der Waals surface area contributed by atoms with Gasteiger partial charge in [-0.3, -0.25) is 9.74 Å². The first kappa shape index (κ1) is 22.3. The monoisotopic (exact) mass is 399 g/mol. The van der Waals surface area contributed by atoms with Gasteiger partial charge in [-0.05, 0) is 24.9 Å². The van der Waals surface area contributed by atoms with E-state index in [1.807, 2.05) is 30.3 Å². The zero-order chi connectivity index (χ0) is 19.4.